The molecule has 1 heterocycles. The quantitative estimate of drug-likeness (QED) is 0.885. The van der Waals surface area contributed by atoms with Gasteiger partial charge in [0, 0.05) is 6.54 Å². The zero-order valence-electron chi connectivity index (χ0n) is 11.3. The summed E-state index contributed by atoms with van der Waals surface area (Å²) in [6, 6.07) is 8.41. The van der Waals surface area contributed by atoms with Crippen LogP contribution in [0.1, 0.15) is 25.5 Å². The highest BCUT2D eigenvalue weighted by Crippen LogP contribution is 2.27. The van der Waals surface area contributed by atoms with Gasteiger partial charge >= 0.3 is 0 Å². The van der Waals surface area contributed by atoms with E-state index in [0.29, 0.717) is 11.9 Å². The molecule has 0 aromatic heterocycles. The van der Waals surface area contributed by atoms with Crippen molar-refractivity contribution >= 4 is 5.96 Å². The Balaban J connectivity index is 2.16. The molecule has 0 saturated heterocycles. The van der Waals surface area contributed by atoms with E-state index >= 15 is 0 Å². The number of benzene rings is 1. The third-order valence-electron chi connectivity index (χ3n) is 3.16. The van der Waals surface area contributed by atoms with E-state index in [-0.39, 0.29) is 6.04 Å². The van der Waals surface area contributed by atoms with Crippen LogP contribution in [-0.4, -0.2) is 31.1 Å². The number of ether oxygens (including phenoxy) is 1. The van der Waals surface area contributed by atoms with Gasteiger partial charge in [0.15, 0.2) is 5.96 Å². The SMILES string of the molecule is COc1ccc(C2CN=C(N)N2CC(C)C)cc1. The van der Waals surface area contributed by atoms with Crippen molar-refractivity contribution < 1.29 is 4.74 Å². The summed E-state index contributed by atoms with van der Waals surface area (Å²) in [5, 5.41) is 0. The molecule has 1 aliphatic heterocycles. The van der Waals surface area contributed by atoms with Crippen LogP contribution in [0, 0.1) is 5.92 Å². The average Bonchev–Trinajstić information content (AvgIpc) is 2.71. The maximum absolute atomic E-state index is 5.96. The topological polar surface area (TPSA) is 50.9 Å². The lowest BCUT2D eigenvalue weighted by Gasteiger charge is -2.28. The average molecular weight is 247 g/mol. The normalized spacial score (nSPS) is 19.2. The zero-order chi connectivity index (χ0) is 13.1. The monoisotopic (exact) mass is 247 g/mol. The first-order valence-electron chi connectivity index (χ1n) is 6.32. The summed E-state index contributed by atoms with van der Waals surface area (Å²) in [5.41, 5.74) is 7.20. The van der Waals surface area contributed by atoms with Crippen molar-refractivity contribution in [3.05, 3.63) is 29.8 Å². The Morgan fingerprint density at radius 2 is 2.06 bits per heavy atom. The summed E-state index contributed by atoms with van der Waals surface area (Å²) < 4.78 is 5.18. The van der Waals surface area contributed by atoms with Crippen molar-refractivity contribution in [1.82, 2.24) is 4.90 Å². The molecule has 0 saturated carbocycles. The van der Waals surface area contributed by atoms with Crippen LogP contribution in [0.3, 0.4) is 0 Å². The zero-order valence-corrected chi connectivity index (χ0v) is 11.3. The van der Waals surface area contributed by atoms with Crippen molar-refractivity contribution in [1.29, 1.82) is 0 Å². The standard InChI is InChI=1S/C14H21N3O/c1-10(2)9-17-13(8-16-14(17)15)11-4-6-12(18-3)7-5-11/h4-7,10,13H,8-9H2,1-3H3,(H2,15,16). The van der Waals surface area contributed by atoms with Crippen LogP contribution >= 0.6 is 0 Å². The number of hydrogen-bond donors (Lipinski definition) is 1. The van der Waals surface area contributed by atoms with Crippen LogP contribution in [-0.2, 0) is 0 Å². The lowest BCUT2D eigenvalue weighted by atomic mass is 10.0. The molecular weight excluding hydrogens is 226 g/mol. The van der Waals surface area contributed by atoms with Crippen LogP contribution in [0.15, 0.2) is 29.3 Å². The molecule has 1 aromatic rings. The summed E-state index contributed by atoms with van der Waals surface area (Å²) in [7, 11) is 1.68. The Kier molecular flexibility index (Phi) is 3.75. The van der Waals surface area contributed by atoms with E-state index in [2.05, 4.69) is 35.9 Å². The molecule has 0 bridgehead atoms. The van der Waals surface area contributed by atoms with Gasteiger partial charge in [-0.25, -0.2) is 0 Å². The van der Waals surface area contributed by atoms with Gasteiger partial charge in [0.1, 0.15) is 5.75 Å². The third kappa shape index (κ3) is 2.58. The molecule has 0 spiro atoms. The second-order valence-electron chi connectivity index (χ2n) is 5.03. The fourth-order valence-corrected chi connectivity index (χ4v) is 2.25. The highest BCUT2D eigenvalue weighted by Gasteiger charge is 2.27. The largest absolute Gasteiger partial charge is 0.497 e. The molecule has 18 heavy (non-hydrogen) atoms. The summed E-state index contributed by atoms with van der Waals surface area (Å²) in [5.74, 6) is 2.10. The van der Waals surface area contributed by atoms with E-state index in [1.807, 2.05) is 12.1 Å². The highest BCUT2D eigenvalue weighted by molar-refractivity contribution is 5.80. The van der Waals surface area contributed by atoms with Gasteiger partial charge in [-0.1, -0.05) is 26.0 Å². The molecule has 1 aliphatic rings. The highest BCUT2D eigenvalue weighted by atomic mass is 16.5. The molecule has 2 N–H and O–H groups in total. The van der Waals surface area contributed by atoms with Gasteiger partial charge in [-0.05, 0) is 23.6 Å². The predicted molar refractivity (Wildman–Crippen MR) is 73.8 cm³/mol. The van der Waals surface area contributed by atoms with E-state index in [1.165, 1.54) is 5.56 Å². The number of nitrogens with two attached hydrogens (primary N) is 1. The van der Waals surface area contributed by atoms with Gasteiger partial charge in [0.2, 0.25) is 0 Å². The molecule has 0 fully saturated rings. The first kappa shape index (κ1) is 12.7. The van der Waals surface area contributed by atoms with E-state index in [0.717, 1.165) is 18.8 Å². The minimum Gasteiger partial charge on any atom is -0.497 e. The van der Waals surface area contributed by atoms with E-state index in [4.69, 9.17) is 10.5 Å². The Morgan fingerprint density at radius 1 is 1.39 bits per heavy atom. The minimum atomic E-state index is 0.262. The van der Waals surface area contributed by atoms with E-state index < -0.39 is 0 Å². The van der Waals surface area contributed by atoms with Crippen LogP contribution in [0.4, 0.5) is 0 Å². The second kappa shape index (κ2) is 5.29. The van der Waals surface area contributed by atoms with Crippen LogP contribution < -0.4 is 10.5 Å². The summed E-state index contributed by atoms with van der Waals surface area (Å²) >= 11 is 0. The molecule has 4 heteroatoms. The third-order valence-corrected chi connectivity index (χ3v) is 3.16. The molecular formula is C14H21N3O. The fourth-order valence-electron chi connectivity index (χ4n) is 2.25. The molecule has 0 aliphatic carbocycles. The molecule has 4 nitrogen and oxygen atoms in total. The van der Waals surface area contributed by atoms with Gasteiger partial charge in [0.05, 0.1) is 19.7 Å². The smallest absolute Gasteiger partial charge is 0.191 e. The Morgan fingerprint density at radius 3 is 2.61 bits per heavy atom. The molecule has 98 valence electrons. The van der Waals surface area contributed by atoms with Gasteiger partial charge in [-0.2, -0.15) is 0 Å². The molecule has 0 radical (unpaired) electrons. The van der Waals surface area contributed by atoms with Gasteiger partial charge in [0.25, 0.3) is 0 Å². The summed E-state index contributed by atoms with van der Waals surface area (Å²) in [6.07, 6.45) is 0. The number of methoxy groups -OCH3 is 1. The van der Waals surface area contributed by atoms with Gasteiger partial charge in [-0.3, -0.25) is 4.99 Å². The van der Waals surface area contributed by atoms with Gasteiger partial charge in [-0.15, -0.1) is 0 Å². The predicted octanol–water partition coefficient (Wildman–Crippen LogP) is 2.02. The molecule has 1 unspecified atom stereocenters. The second-order valence-corrected chi connectivity index (χ2v) is 5.03. The Bertz CT molecular complexity index is 425. The number of nitrogens with zero attached hydrogens (tertiary/aromatic N) is 2. The van der Waals surface area contributed by atoms with Crippen LogP contribution in [0.5, 0.6) is 5.75 Å². The van der Waals surface area contributed by atoms with Gasteiger partial charge < -0.3 is 15.4 Å². The number of aliphatic imine (C=N–C) groups is 1. The van der Waals surface area contributed by atoms with Crippen molar-refractivity contribution in [2.45, 2.75) is 19.9 Å². The number of rotatable bonds is 4. The van der Waals surface area contributed by atoms with Crippen LogP contribution in [0.2, 0.25) is 0 Å². The molecule has 1 aromatic carbocycles. The fraction of sp³-hybridized carbons (Fsp3) is 0.500. The Hall–Kier alpha value is -1.71. The summed E-state index contributed by atoms with van der Waals surface area (Å²) in [6.45, 7) is 6.06. The molecule has 0 amide bonds. The lowest BCUT2D eigenvalue weighted by Crippen LogP contribution is -2.38. The molecule has 2 rings (SSSR count). The van der Waals surface area contributed by atoms with Crippen molar-refractivity contribution in [2.75, 3.05) is 20.2 Å². The molecule has 1 atom stereocenters. The lowest BCUT2D eigenvalue weighted by molar-refractivity contribution is 0.309. The van der Waals surface area contributed by atoms with Crippen molar-refractivity contribution in [3.8, 4) is 5.75 Å². The summed E-state index contributed by atoms with van der Waals surface area (Å²) in [4.78, 5) is 6.55. The maximum atomic E-state index is 5.96. The minimum absolute atomic E-state index is 0.262. The van der Waals surface area contributed by atoms with Crippen molar-refractivity contribution in [2.24, 2.45) is 16.6 Å². The Labute approximate surface area is 108 Å². The van der Waals surface area contributed by atoms with Crippen LogP contribution in [0.25, 0.3) is 0 Å². The number of guanidine groups is 1. The first-order valence-corrected chi connectivity index (χ1v) is 6.32. The maximum Gasteiger partial charge on any atom is 0.191 e. The first-order chi connectivity index (χ1) is 8.61. The van der Waals surface area contributed by atoms with Crippen molar-refractivity contribution in [3.63, 3.8) is 0 Å². The van der Waals surface area contributed by atoms with E-state index in [1.54, 1.807) is 7.11 Å². The number of hydrogen-bond acceptors (Lipinski definition) is 4. The van der Waals surface area contributed by atoms with E-state index in [9.17, 15) is 0 Å².